The third-order valence-electron chi connectivity index (χ3n) is 6.26. The van der Waals surface area contributed by atoms with Gasteiger partial charge in [0.2, 0.25) is 35.4 Å². The first-order chi connectivity index (χ1) is 20.0. The minimum atomic E-state index is -1.74. The first kappa shape index (κ1) is 36.7. The summed E-state index contributed by atoms with van der Waals surface area (Å²) >= 11 is 0. The molecule has 0 aliphatic carbocycles. The van der Waals surface area contributed by atoms with Crippen LogP contribution in [0.3, 0.4) is 0 Å². The number of hydrogen-bond donors (Lipinski definition) is 10. The second-order valence-corrected chi connectivity index (χ2v) is 10.6. The molecule has 0 unspecified atom stereocenters. The topological polar surface area (TPSA) is 295 Å². The second kappa shape index (κ2) is 17.6. The fourth-order valence-electron chi connectivity index (χ4n) is 4.03. The largest absolute Gasteiger partial charge is 0.481 e. The molecule has 0 aromatic rings. The molecule has 11 N–H and O–H groups in total. The maximum atomic E-state index is 13.0. The number of aliphatic hydroxyl groups excluding tert-OH is 1. The first-order valence-electron chi connectivity index (χ1n) is 13.6. The van der Waals surface area contributed by atoms with Crippen LogP contribution in [0.25, 0.3) is 0 Å². The van der Waals surface area contributed by atoms with E-state index in [2.05, 4.69) is 31.9 Å². The van der Waals surface area contributed by atoms with Gasteiger partial charge in [-0.15, -0.1) is 0 Å². The average Bonchev–Trinajstić information content (AvgIpc) is 3.34. The van der Waals surface area contributed by atoms with Crippen molar-refractivity contribution in [1.29, 1.82) is 0 Å². The summed E-state index contributed by atoms with van der Waals surface area (Å²) in [5, 5.41) is 42.2. The van der Waals surface area contributed by atoms with Gasteiger partial charge < -0.3 is 53.0 Å². The van der Waals surface area contributed by atoms with E-state index >= 15 is 0 Å². The Kier molecular flexibility index (Phi) is 15.0. The van der Waals surface area contributed by atoms with Crippen LogP contribution in [0.15, 0.2) is 0 Å². The van der Waals surface area contributed by atoms with Crippen LogP contribution in [0.4, 0.5) is 0 Å². The molecule has 0 aromatic carbocycles. The lowest BCUT2D eigenvalue weighted by atomic mass is 10.0. The number of carbonyl (C=O) groups is 8. The minimum Gasteiger partial charge on any atom is -0.481 e. The van der Waals surface area contributed by atoms with Gasteiger partial charge in [0.05, 0.1) is 25.1 Å². The summed E-state index contributed by atoms with van der Waals surface area (Å²) in [4.78, 5) is 97.1. The SMILES string of the molecule is CC(C)C[C@H](NC(=O)[C@H](C)NC(=O)[C@H](CC(=O)O)NC(=O)[C@H](CCC(N)=O)NC(=O)CNC(=O)[C@@H]1C[C@@H](O)CN1)C(=O)O. The van der Waals surface area contributed by atoms with E-state index in [0.29, 0.717) is 0 Å². The molecule has 0 bridgehead atoms. The van der Waals surface area contributed by atoms with E-state index in [4.69, 9.17) is 5.73 Å². The monoisotopic (exact) mass is 615 g/mol. The van der Waals surface area contributed by atoms with Crippen LogP contribution in [-0.4, -0.2) is 112 Å². The molecule has 0 saturated carbocycles. The van der Waals surface area contributed by atoms with Crippen molar-refractivity contribution in [3.05, 3.63) is 0 Å². The van der Waals surface area contributed by atoms with Crippen LogP contribution >= 0.6 is 0 Å². The zero-order chi connectivity index (χ0) is 32.9. The fraction of sp³-hybridized carbons (Fsp3) is 0.680. The lowest BCUT2D eigenvalue weighted by Crippen LogP contribution is -2.58. The van der Waals surface area contributed by atoms with Crippen LogP contribution in [0.2, 0.25) is 0 Å². The summed E-state index contributed by atoms with van der Waals surface area (Å²) in [6, 6.07) is -6.48. The molecular formula is C25H41N7O11. The first-order valence-corrected chi connectivity index (χ1v) is 13.6. The lowest BCUT2D eigenvalue weighted by molar-refractivity contribution is -0.143. The Bertz CT molecular complexity index is 1070. The minimum absolute atomic E-state index is 0.0703. The molecule has 43 heavy (non-hydrogen) atoms. The van der Waals surface area contributed by atoms with Crippen LogP contribution in [-0.2, 0) is 38.4 Å². The quantitative estimate of drug-likeness (QED) is 0.0700. The van der Waals surface area contributed by atoms with Gasteiger partial charge in [0, 0.05) is 13.0 Å². The predicted molar refractivity (Wildman–Crippen MR) is 147 cm³/mol. The number of primary amides is 1. The van der Waals surface area contributed by atoms with Crippen LogP contribution in [0, 0.1) is 5.92 Å². The number of rotatable bonds is 18. The maximum absolute atomic E-state index is 13.0. The molecule has 1 rings (SSSR count). The molecule has 0 spiro atoms. The summed E-state index contributed by atoms with van der Waals surface area (Å²) in [6.07, 6.45) is -2.09. The fourth-order valence-corrected chi connectivity index (χ4v) is 4.03. The number of aliphatic carboxylic acids is 2. The molecule has 1 fully saturated rings. The van der Waals surface area contributed by atoms with Crippen molar-refractivity contribution >= 4 is 47.4 Å². The Hall–Kier alpha value is -4.32. The van der Waals surface area contributed by atoms with E-state index in [1.54, 1.807) is 13.8 Å². The van der Waals surface area contributed by atoms with Gasteiger partial charge in [-0.25, -0.2) is 4.79 Å². The van der Waals surface area contributed by atoms with E-state index in [1.165, 1.54) is 6.92 Å². The Morgan fingerprint density at radius 1 is 0.860 bits per heavy atom. The number of nitrogens with one attached hydrogen (secondary N) is 6. The molecule has 242 valence electrons. The Morgan fingerprint density at radius 2 is 1.47 bits per heavy atom. The van der Waals surface area contributed by atoms with Gasteiger partial charge in [0.15, 0.2) is 0 Å². The Morgan fingerprint density at radius 3 is 1.98 bits per heavy atom. The van der Waals surface area contributed by atoms with Crippen molar-refractivity contribution < 1.29 is 53.7 Å². The molecule has 1 aliphatic rings. The summed E-state index contributed by atoms with van der Waals surface area (Å²) in [7, 11) is 0. The number of carbonyl (C=O) groups excluding carboxylic acids is 6. The summed E-state index contributed by atoms with van der Waals surface area (Å²) in [5.74, 6) is -8.09. The van der Waals surface area contributed by atoms with Gasteiger partial charge in [-0.3, -0.25) is 33.6 Å². The van der Waals surface area contributed by atoms with Gasteiger partial charge in [-0.2, -0.15) is 0 Å². The number of carboxylic acid groups (broad SMARTS) is 2. The highest BCUT2D eigenvalue weighted by molar-refractivity contribution is 5.97. The summed E-state index contributed by atoms with van der Waals surface area (Å²) < 4.78 is 0. The number of hydrogen-bond acceptors (Lipinski definition) is 10. The Balaban J connectivity index is 2.89. The highest BCUT2D eigenvalue weighted by Crippen LogP contribution is 2.07. The van der Waals surface area contributed by atoms with Crippen molar-refractivity contribution in [3.8, 4) is 0 Å². The third-order valence-corrected chi connectivity index (χ3v) is 6.26. The predicted octanol–water partition coefficient (Wildman–Crippen LogP) is -4.34. The van der Waals surface area contributed by atoms with Gasteiger partial charge in [-0.05, 0) is 32.1 Å². The third kappa shape index (κ3) is 13.9. The number of carboxylic acids is 2. The van der Waals surface area contributed by atoms with Crippen LogP contribution in [0.5, 0.6) is 0 Å². The molecule has 0 aromatic heterocycles. The van der Waals surface area contributed by atoms with E-state index in [0.717, 1.165) is 0 Å². The smallest absolute Gasteiger partial charge is 0.326 e. The molecule has 6 atom stereocenters. The molecule has 1 saturated heterocycles. The molecule has 0 radical (unpaired) electrons. The van der Waals surface area contributed by atoms with E-state index in [-0.39, 0.29) is 38.1 Å². The summed E-state index contributed by atoms with van der Waals surface area (Å²) in [6.45, 7) is 4.36. The van der Waals surface area contributed by atoms with Crippen molar-refractivity contribution in [1.82, 2.24) is 31.9 Å². The molecule has 6 amide bonds. The molecule has 1 aliphatic heterocycles. The van der Waals surface area contributed by atoms with Crippen molar-refractivity contribution in [2.45, 2.75) is 89.2 Å². The van der Waals surface area contributed by atoms with Crippen molar-refractivity contribution in [2.75, 3.05) is 13.1 Å². The zero-order valence-electron chi connectivity index (χ0n) is 24.2. The highest BCUT2D eigenvalue weighted by Gasteiger charge is 2.32. The zero-order valence-corrected chi connectivity index (χ0v) is 24.2. The van der Waals surface area contributed by atoms with Gasteiger partial charge >= 0.3 is 11.9 Å². The van der Waals surface area contributed by atoms with Gasteiger partial charge in [-0.1, -0.05) is 13.8 Å². The van der Waals surface area contributed by atoms with Crippen molar-refractivity contribution in [2.24, 2.45) is 11.7 Å². The Labute approximate surface area is 247 Å². The van der Waals surface area contributed by atoms with E-state index in [1.807, 2.05) is 0 Å². The molecule has 18 nitrogen and oxygen atoms in total. The van der Waals surface area contributed by atoms with Gasteiger partial charge in [0.25, 0.3) is 0 Å². The number of β-amino-alcohol motifs (C(OH)–C–C–N with tert-alkyl or cyclic N) is 1. The van der Waals surface area contributed by atoms with E-state index < -0.39 is 96.7 Å². The lowest BCUT2D eigenvalue weighted by Gasteiger charge is -2.24. The van der Waals surface area contributed by atoms with Crippen molar-refractivity contribution in [3.63, 3.8) is 0 Å². The highest BCUT2D eigenvalue weighted by atomic mass is 16.4. The molecular weight excluding hydrogens is 574 g/mol. The van der Waals surface area contributed by atoms with Crippen LogP contribution < -0.4 is 37.6 Å². The van der Waals surface area contributed by atoms with E-state index in [9.17, 15) is 53.7 Å². The van der Waals surface area contributed by atoms with Crippen LogP contribution in [0.1, 0.15) is 52.9 Å². The van der Waals surface area contributed by atoms with Gasteiger partial charge in [0.1, 0.15) is 24.2 Å². The summed E-state index contributed by atoms with van der Waals surface area (Å²) in [5.41, 5.74) is 5.15. The number of nitrogens with two attached hydrogens (primary N) is 1. The molecule has 18 heteroatoms. The normalized spacial score (nSPS) is 18.8. The second-order valence-electron chi connectivity index (χ2n) is 10.6. The molecule has 1 heterocycles. The number of amides is 6. The standard InChI is InChI=1S/C25H41N7O11/c1-11(2)6-17(25(42)43)32-21(38)12(3)29-24(41)16(8-20(36)37)31-23(40)14(4-5-18(26)34)30-19(35)10-28-22(39)15-7-13(33)9-27-15/h11-17,27,33H,4-10H2,1-3H3,(H2,26,34)(H,28,39)(H,29,41)(H,30,35)(H,31,40)(H,32,38)(H,36,37)(H,42,43)/t12-,13+,14-,15-,16-,17-/m0/s1. The maximum Gasteiger partial charge on any atom is 0.326 e. The number of aliphatic hydroxyl groups is 1. The average molecular weight is 616 g/mol.